The normalized spacial score (nSPS) is 15.6. The van der Waals surface area contributed by atoms with Gasteiger partial charge in [-0.05, 0) is 25.3 Å². The molecule has 100 valence electrons. The maximum atomic E-state index is 5.67. The van der Waals surface area contributed by atoms with Crippen molar-refractivity contribution in [2.45, 2.75) is 46.1 Å². The summed E-state index contributed by atoms with van der Waals surface area (Å²) in [7, 11) is 0. The van der Waals surface area contributed by atoms with Crippen molar-refractivity contribution in [1.29, 1.82) is 0 Å². The van der Waals surface area contributed by atoms with Gasteiger partial charge in [-0.1, -0.05) is 50.6 Å². The van der Waals surface area contributed by atoms with Crippen molar-refractivity contribution in [1.82, 2.24) is 5.43 Å². The summed E-state index contributed by atoms with van der Waals surface area (Å²) in [5, 5.41) is 0. The minimum absolute atomic E-state index is 0.239. The van der Waals surface area contributed by atoms with Gasteiger partial charge in [0, 0.05) is 12.0 Å². The van der Waals surface area contributed by atoms with Crippen LogP contribution in [0.2, 0.25) is 0 Å². The summed E-state index contributed by atoms with van der Waals surface area (Å²) in [6, 6.07) is 10.7. The molecular weight excluding hydrogens is 222 g/mol. The fraction of sp³-hybridized carbons (Fsp3) is 0.533. The Morgan fingerprint density at radius 2 is 1.83 bits per heavy atom. The third-order valence-electron chi connectivity index (χ3n) is 3.21. The number of nitrogens with two attached hydrogens (primary N) is 1. The molecule has 1 aromatic rings. The van der Waals surface area contributed by atoms with Gasteiger partial charge < -0.3 is 5.43 Å². The lowest BCUT2D eigenvalue weighted by molar-refractivity contribution is 0.515. The predicted molar refractivity (Wildman–Crippen MR) is 78.5 cm³/mol. The molecule has 0 heterocycles. The third-order valence-corrected chi connectivity index (χ3v) is 3.21. The van der Waals surface area contributed by atoms with Crippen LogP contribution in [0.25, 0.3) is 0 Å². The molecule has 0 aromatic heterocycles. The molecule has 3 nitrogen and oxygen atoms in total. The highest BCUT2D eigenvalue weighted by Crippen LogP contribution is 2.27. The van der Waals surface area contributed by atoms with Crippen LogP contribution in [0.3, 0.4) is 0 Å². The lowest BCUT2D eigenvalue weighted by Gasteiger charge is -2.25. The second-order valence-corrected chi connectivity index (χ2v) is 5.03. The van der Waals surface area contributed by atoms with Gasteiger partial charge in [0.15, 0.2) is 0 Å². The smallest absolute Gasteiger partial charge is 0.118 e. The Morgan fingerprint density at radius 1 is 1.22 bits per heavy atom. The number of hydrazine groups is 1. The van der Waals surface area contributed by atoms with Crippen molar-refractivity contribution in [2.75, 3.05) is 0 Å². The molecule has 18 heavy (non-hydrogen) atoms. The molecule has 0 amide bonds. The molecule has 0 saturated heterocycles. The van der Waals surface area contributed by atoms with Crippen LogP contribution < -0.4 is 11.3 Å². The average molecular weight is 247 g/mol. The Bertz CT molecular complexity index is 371. The lowest BCUT2D eigenvalue weighted by Crippen LogP contribution is -2.38. The van der Waals surface area contributed by atoms with Crippen LogP contribution in [-0.2, 0) is 0 Å². The van der Waals surface area contributed by atoms with E-state index >= 15 is 0 Å². The van der Waals surface area contributed by atoms with Gasteiger partial charge in [0.1, 0.15) is 5.84 Å². The molecule has 3 N–H and O–H groups in total. The van der Waals surface area contributed by atoms with E-state index in [4.69, 9.17) is 5.84 Å². The predicted octanol–water partition coefficient (Wildman–Crippen LogP) is 3.09. The monoisotopic (exact) mass is 247 g/mol. The second-order valence-electron chi connectivity index (χ2n) is 5.03. The van der Waals surface area contributed by atoms with Gasteiger partial charge >= 0.3 is 0 Å². The molecule has 3 heteroatoms. The number of nitrogens with one attached hydrogen (secondary N) is 1. The molecular formula is C15H25N3. The van der Waals surface area contributed by atoms with Crippen LogP contribution in [0, 0.1) is 5.92 Å². The first-order valence-electron chi connectivity index (χ1n) is 6.69. The largest absolute Gasteiger partial charge is 0.312 e. The first-order valence-corrected chi connectivity index (χ1v) is 6.69. The number of amidine groups is 1. The summed E-state index contributed by atoms with van der Waals surface area (Å²) in [5.41, 5.74) is 4.06. The quantitative estimate of drug-likeness (QED) is 0.363. The number of hydrogen-bond acceptors (Lipinski definition) is 2. The Morgan fingerprint density at radius 3 is 2.28 bits per heavy atom. The lowest BCUT2D eigenvalue weighted by atomic mass is 9.84. The first-order chi connectivity index (χ1) is 8.60. The van der Waals surface area contributed by atoms with E-state index in [1.807, 2.05) is 6.07 Å². The topological polar surface area (TPSA) is 50.4 Å². The van der Waals surface area contributed by atoms with Crippen molar-refractivity contribution in [3.63, 3.8) is 0 Å². The zero-order valence-electron chi connectivity index (χ0n) is 11.9. The van der Waals surface area contributed by atoms with Crippen molar-refractivity contribution < 1.29 is 0 Å². The molecule has 2 unspecified atom stereocenters. The summed E-state index contributed by atoms with van der Waals surface area (Å²) >= 11 is 0. The highest BCUT2D eigenvalue weighted by atomic mass is 15.3. The summed E-state index contributed by atoms with van der Waals surface area (Å²) in [6.45, 7) is 8.57. The maximum absolute atomic E-state index is 5.67. The summed E-state index contributed by atoms with van der Waals surface area (Å²) in [4.78, 5) is 4.62. The minimum atomic E-state index is 0.239. The highest BCUT2D eigenvalue weighted by Gasteiger charge is 2.23. The Kier molecular flexibility index (Phi) is 5.86. The molecule has 0 saturated carbocycles. The van der Waals surface area contributed by atoms with Gasteiger partial charge in [-0.15, -0.1) is 0 Å². The molecule has 0 radical (unpaired) electrons. The third kappa shape index (κ3) is 3.84. The average Bonchev–Trinajstić information content (AvgIpc) is 2.38. The number of benzene rings is 1. The Hall–Kier alpha value is -1.35. The van der Waals surface area contributed by atoms with Gasteiger partial charge in [-0.25, -0.2) is 5.84 Å². The van der Waals surface area contributed by atoms with E-state index in [9.17, 15) is 0 Å². The van der Waals surface area contributed by atoms with E-state index in [0.717, 1.165) is 12.3 Å². The number of aliphatic imine (C=N–C) groups is 1. The van der Waals surface area contributed by atoms with Gasteiger partial charge in [-0.2, -0.15) is 0 Å². The first kappa shape index (κ1) is 14.7. The molecule has 0 spiro atoms. The SMILES string of the molecule is CCC(C)C(C(=NC(C)C)NN)c1ccccc1. The zero-order valence-corrected chi connectivity index (χ0v) is 11.9. The maximum Gasteiger partial charge on any atom is 0.118 e. The Labute approximate surface area is 110 Å². The second kappa shape index (κ2) is 7.17. The summed E-state index contributed by atoms with van der Waals surface area (Å²) in [5.74, 6) is 7.29. The zero-order chi connectivity index (χ0) is 13.5. The van der Waals surface area contributed by atoms with Crippen LogP contribution in [-0.4, -0.2) is 11.9 Å². The van der Waals surface area contributed by atoms with Crippen LogP contribution in [0.15, 0.2) is 35.3 Å². The molecule has 0 aliphatic rings. The van der Waals surface area contributed by atoms with E-state index in [0.29, 0.717) is 5.92 Å². The van der Waals surface area contributed by atoms with Gasteiger partial charge in [0.2, 0.25) is 0 Å². The fourth-order valence-corrected chi connectivity index (χ4v) is 2.14. The van der Waals surface area contributed by atoms with Crippen molar-refractivity contribution in [2.24, 2.45) is 16.8 Å². The number of nitrogens with zero attached hydrogens (tertiary/aromatic N) is 1. The van der Waals surface area contributed by atoms with E-state index in [-0.39, 0.29) is 12.0 Å². The van der Waals surface area contributed by atoms with E-state index in [1.165, 1.54) is 5.56 Å². The van der Waals surface area contributed by atoms with Crippen LogP contribution in [0.5, 0.6) is 0 Å². The standard InChI is InChI=1S/C15H25N3/c1-5-12(4)14(13-9-7-6-8-10-13)15(18-16)17-11(2)3/h6-12,14H,5,16H2,1-4H3,(H,17,18). The molecule has 0 aliphatic carbocycles. The van der Waals surface area contributed by atoms with Crippen LogP contribution in [0.4, 0.5) is 0 Å². The molecule has 1 rings (SSSR count). The fourth-order valence-electron chi connectivity index (χ4n) is 2.14. The van der Waals surface area contributed by atoms with E-state index < -0.39 is 0 Å². The Balaban J connectivity index is 3.13. The minimum Gasteiger partial charge on any atom is -0.312 e. The van der Waals surface area contributed by atoms with Gasteiger partial charge in [0.25, 0.3) is 0 Å². The molecule has 1 aromatic carbocycles. The van der Waals surface area contributed by atoms with E-state index in [2.05, 4.69) is 62.4 Å². The molecule has 0 aliphatic heterocycles. The number of rotatable bonds is 5. The van der Waals surface area contributed by atoms with Crippen LogP contribution >= 0.6 is 0 Å². The molecule has 2 atom stereocenters. The molecule has 0 fully saturated rings. The van der Waals surface area contributed by atoms with Crippen molar-refractivity contribution in [3.05, 3.63) is 35.9 Å². The molecule has 0 bridgehead atoms. The van der Waals surface area contributed by atoms with Gasteiger partial charge in [0.05, 0.1) is 0 Å². The summed E-state index contributed by atoms with van der Waals surface area (Å²) in [6.07, 6.45) is 1.10. The van der Waals surface area contributed by atoms with Crippen molar-refractivity contribution in [3.8, 4) is 0 Å². The number of hydrogen-bond donors (Lipinski definition) is 2. The van der Waals surface area contributed by atoms with E-state index in [1.54, 1.807) is 0 Å². The van der Waals surface area contributed by atoms with Crippen LogP contribution in [0.1, 0.15) is 45.6 Å². The van der Waals surface area contributed by atoms with Gasteiger partial charge in [-0.3, -0.25) is 4.99 Å². The highest BCUT2D eigenvalue weighted by molar-refractivity contribution is 5.89. The van der Waals surface area contributed by atoms with Crippen molar-refractivity contribution >= 4 is 5.84 Å². The summed E-state index contributed by atoms with van der Waals surface area (Å²) < 4.78 is 0.